The number of ketones is 2. The quantitative estimate of drug-likeness (QED) is 0.108. The molecule has 0 saturated carbocycles. The number of aliphatic carboxylic acids is 2. The van der Waals surface area contributed by atoms with Crippen molar-refractivity contribution < 1.29 is 29.4 Å². The molecule has 0 amide bonds. The molecular formula is C45H54N2O6. The van der Waals surface area contributed by atoms with Gasteiger partial charge >= 0.3 is 11.9 Å². The van der Waals surface area contributed by atoms with Crippen molar-refractivity contribution in [3.63, 3.8) is 0 Å². The molecule has 4 N–H and O–H groups in total. The highest BCUT2D eigenvalue weighted by molar-refractivity contribution is 6.11. The third-order valence-electron chi connectivity index (χ3n) is 10.3. The summed E-state index contributed by atoms with van der Waals surface area (Å²) in [5.74, 6) is -1.51. The predicted octanol–water partition coefficient (Wildman–Crippen LogP) is 8.37. The number of nitrogens with one attached hydrogen (secondary N) is 2. The lowest BCUT2D eigenvalue weighted by Crippen LogP contribution is -2.29. The number of piperidine rings is 2. The van der Waals surface area contributed by atoms with Gasteiger partial charge in [-0.3, -0.25) is 19.2 Å². The second-order valence-corrected chi connectivity index (χ2v) is 14.0. The number of hydrogen-bond donors (Lipinski definition) is 4. The number of carboxylic acids is 2. The van der Waals surface area contributed by atoms with Crippen molar-refractivity contribution in [2.45, 2.75) is 70.6 Å². The number of benzene rings is 4. The van der Waals surface area contributed by atoms with Crippen LogP contribution in [-0.2, 0) is 9.59 Å². The Morgan fingerprint density at radius 1 is 0.528 bits per heavy atom. The lowest BCUT2D eigenvalue weighted by Gasteiger charge is -2.25. The first-order valence-electron chi connectivity index (χ1n) is 18.9. The first-order chi connectivity index (χ1) is 25.7. The molecular weight excluding hydrogens is 665 g/mol. The molecule has 2 atom stereocenters. The van der Waals surface area contributed by atoms with E-state index in [-0.39, 0.29) is 11.6 Å². The number of carbonyl (C=O) groups excluding carboxylic acids is 2. The standard InChI is InChI=1S/2C16H14O3.C13H26N2/c2*1-11(16(18)19)13-9-5-6-10-14(13)15(17)12-7-3-2-4-8-12;1(2-12-4-8-14-9-5-12)3-13-6-10-15-11-7-13/h2*2-11H,1H3,(H,18,19);12-15H,1-11H2. The Kier molecular flexibility index (Phi) is 16.6. The fourth-order valence-corrected chi connectivity index (χ4v) is 6.95. The van der Waals surface area contributed by atoms with Crippen LogP contribution in [0.3, 0.4) is 0 Å². The van der Waals surface area contributed by atoms with Gasteiger partial charge < -0.3 is 20.8 Å². The molecule has 2 aliphatic heterocycles. The van der Waals surface area contributed by atoms with Crippen molar-refractivity contribution >= 4 is 23.5 Å². The molecule has 4 aromatic rings. The van der Waals surface area contributed by atoms with Crippen LogP contribution in [-0.4, -0.2) is 59.9 Å². The Balaban J connectivity index is 0.000000179. The lowest BCUT2D eigenvalue weighted by molar-refractivity contribution is -0.139. The molecule has 0 spiro atoms. The average Bonchev–Trinajstić information content (AvgIpc) is 3.21. The van der Waals surface area contributed by atoms with Crippen molar-refractivity contribution in [3.05, 3.63) is 143 Å². The molecule has 0 aromatic heterocycles. The smallest absolute Gasteiger partial charge is 0.310 e. The molecule has 2 unspecified atom stereocenters. The molecule has 2 fully saturated rings. The van der Waals surface area contributed by atoms with E-state index in [0.717, 1.165) is 11.8 Å². The van der Waals surface area contributed by atoms with Gasteiger partial charge in [0.25, 0.3) is 0 Å². The zero-order valence-electron chi connectivity index (χ0n) is 31.0. The molecule has 8 heteroatoms. The molecule has 8 nitrogen and oxygen atoms in total. The van der Waals surface area contributed by atoms with Gasteiger partial charge in [-0.1, -0.05) is 128 Å². The minimum absolute atomic E-state index is 0.149. The first-order valence-corrected chi connectivity index (χ1v) is 18.9. The third kappa shape index (κ3) is 12.6. The summed E-state index contributed by atoms with van der Waals surface area (Å²) in [6.07, 6.45) is 10.2. The Labute approximate surface area is 314 Å². The molecule has 0 aliphatic carbocycles. The van der Waals surface area contributed by atoms with Gasteiger partial charge in [-0.15, -0.1) is 0 Å². The van der Waals surface area contributed by atoms with Crippen molar-refractivity contribution in [1.82, 2.24) is 10.6 Å². The summed E-state index contributed by atoms with van der Waals surface area (Å²) in [5.41, 5.74) is 3.11. The van der Waals surface area contributed by atoms with E-state index in [4.69, 9.17) is 10.2 Å². The molecule has 6 rings (SSSR count). The first kappa shape index (κ1) is 40.8. The number of carbonyl (C=O) groups is 4. The summed E-state index contributed by atoms with van der Waals surface area (Å²) < 4.78 is 0. The summed E-state index contributed by atoms with van der Waals surface area (Å²) >= 11 is 0. The Hall–Kier alpha value is -4.92. The summed E-state index contributed by atoms with van der Waals surface area (Å²) in [6.45, 7) is 8.21. The zero-order chi connectivity index (χ0) is 38.0. The highest BCUT2D eigenvalue weighted by atomic mass is 16.4. The van der Waals surface area contributed by atoms with Crippen LogP contribution in [0.2, 0.25) is 0 Å². The van der Waals surface area contributed by atoms with Crippen molar-refractivity contribution in [3.8, 4) is 0 Å². The van der Waals surface area contributed by atoms with Gasteiger partial charge in [0, 0.05) is 22.3 Å². The van der Waals surface area contributed by atoms with Crippen molar-refractivity contribution in [2.75, 3.05) is 26.2 Å². The maximum atomic E-state index is 12.4. The Morgan fingerprint density at radius 3 is 1.19 bits per heavy atom. The third-order valence-corrected chi connectivity index (χ3v) is 10.3. The second-order valence-electron chi connectivity index (χ2n) is 14.0. The molecule has 53 heavy (non-hydrogen) atoms. The number of rotatable bonds is 12. The molecule has 2 heterocycles. The largest absolute Gasteiger partial charge is 0.481 e. The molecule has 2 saturated heterocycles. The molecule has 0 bridgehead atoms. The van der Waals surface area contributed by atoms with Crippen LogP contribution in [0.1, 0.15) is 114 Å². The van der Waals surface area contributed by atoms with Crippen LogP contribution in [0, 0.1) is 11.8 Å². The minimum atomic E-state index is -0.937. The van der Waals surface area contributed by atoms with Gasteiger partial charge in [0.15, 0.2) is 11.6 Å². The van der Waals surface area contributed by atoms with Crippen LogP contribution in [0.4, 0.5) is 0 Å². The number of carboxylic acid groups (broad SMARTS) is 2. The van der Waals surface area contributed by atoms with E-state index in [1.54, 1.807) is 111 Å². The van der Waals surface area contributed by atoms with Crippen molar-refractivity contribution in [1.29, 1.82) is 0 Å². The van der Waals surface area contributed by atoms with Crippen LogP contribution >= 0.6 is 0 Å². The lowest BCUT2D eigenvalue weighted by atomic mass is 9.87. The highest BCUT2D eigenvalue weighted by Crippen LogP contribution is 2.25. The molecule has 2 aliphatic rings. The number of hydrogen-bond acceptors (Lipinski definition) is 6. The second kappa shape index (κ2) is 21.6. The van der Waals surface area contributed by atoms with E-state index >= 15 is 0 Å². The van der Waals surface area contributed by atoms with E-state index in [2.05, 4.69) is 10.6 Å². The summed E-state index contributed by atoms with van der Waals surface area (Å²) in [5, 5.41) is 25.1. The van der Waals surface area contributed by atoms with Gasteiger partial charge in [-0.25, -0.2) is 0 Å². The van der Waals surface area contributed by atoms with E-state index in [0.29, 0.717) is 33.4 Å². The minimum Gasteiger partial charge on any atom is -0.481 e. The van der Waals surface area contributed by atoms with Gasteiger partial charge in [-0.05, 0) is 88.7 Å². The van der Waals surface area contributed by atoms with E-state index < -0.39 is 23.8 Å². The van der Waals surface area contributed by atoms with Gasteiger partial charge in [0.1, 0.15) is 0 Å². The Bertz CT molecular complexity index is 1620. The zero-order valence-corrected chi connectivity index (χ0v) is 31.0. The fraction of sp³-hybridized carbons (Fsp3) is 0.378. The SMILES string of the molecule is C(CC1CCNCC1)CC1CCNCC1.CC(C(=O)O)c1ccccc1C(=O)c1ccccc1.CC(C(=O)O)c1ccccc1C(=O)c1ccccc1. The van der Waals surface area contributed by atoms with E-state index in [1.165, 1.54) is 71.1 Å². The van der Waals surface area contributed by atoms with Gasteiger partial charge in [0.2, 0.25) is 0 Å². The molecule has 4 aromatic carbocycles. The van der Waals surface area contributed by atoms with Crippen LogP contribution in [0.25, 0.3) is 0 Å². The van der Waals surface area contributed by atoms with Crippen LogP contribution < -0.4 is 10.6 Å². The maximum absolute atomic E-state index is 12.4. The summed E-state index contributed by atoms with van der Waals surface area (Å²) in [4.78, 5) is 47.0. The van der Waals surface area contributed by atoms with Gasteiger partial charge in [-0.2, -0.15) is 0 Å². The fourth-order valence-electron chi connectivity index (χ4n) is 6.95. The summed E-state index contributed by atoms with van der Waals surface area (Å²) in [7, 11) is 0. The normalized spacial score (nSPS) is 15.7. The maximum Gasteiger partial charge on any atom is 0.310 e. The molecule has 0 radical (unpaired) electrons. The van der Waals surface area contributed by atoms with E-state index in [9.17, 15) is 19.2 Å². The molecule has 280 valence electrons. The van der Waals surface area contributed by atoms with E-state index in [1.807, 2.05) is 12.1 Å². The predicted molar refractivity (Wildman–Crippen MR) is 210 cm³/mol. The Morgan fingerprint density at radius 2 is 0.849 bits per heavy atom. The van der Waals surface area contributed by atoms with Gasteiger partial charge in [0.05, 0.1) is 11.8 Å². The summed E-state index contributed by atoms with van der Waals surface area (Å²) in [6, 6.07) is 31.4. The van der Waals surface area contributed by atoms with Crippen molar-refractivity contribution in [2.24, 2.45) is 11.8 Å². The van der Waals surface area contributed by atoms with Crippen LogP contribution in [0.15, 0.2) is 109 Å². The van der Waals surface area contributed by atoms with Crippen LogP contribution in [0.5, 0.6) is 0 Å². The topological polar surface area (TPSA) is 133 Å². The monoisotopic (exact) mass is 718 g/mol. The highest BCUT2D eigenvalue weighted by Gasteiger charge is 2.22. The average molecular weight is 719 g/mol.